The van der Waals surface area contributed by atoms with Gasteiger partial charge in [0.05, 0.1) is 12.7 Å². The Kier molecular flexibility index (Phi) is 4.71. The Bertz CT molecular complexity index is 1110. The summed E-state index contributed by atoms with van der Waals surface area (Å²) in [5.74, 6) is 0.277. The molecule has 0 unspecified atom stereocenters. The molecule has 2 N–H and O–H groups in total. The topological polar surface area (TPSA) is 123 Å². The van der Waals surface area contributed by atoms with Gasteiger partial charge in [-0.1, -0.05) is 0 Å². The van der Waals surface area contributed by atoms with Gasteiger partial charge in [0.25, 0.3) is 0 Å². The van der Waals surface area contributed by atoms with E-state index in [4.69, 9.17) is 4.74 Å². The van der Waals surface area contributed by atoms with E-state index in [-0.39, 0.29) is 12.4 Å². The fourth-order valence-electron chi connectivity index (χ4n) is 3.38. The van der Waals surface area contributed by atoms with E-state index in [0.29, 0.717) is 23.0 Å². The van der Waals surface area contributed by atoms with Gasteiger partial charge in [-0.2, -0.15) is 12.7 Å². The molecule has 1 aliphatic rings. The largest absolute Gasteiger partial charge is 0.394 e. The number of rotatable bonds is 5. The molecule has 1 aliphatic heterocycles. The van der Waals surface area contributed by atoms with E-state index in [1.54, 1.807) is 29.1 Å². The molecule has 1 fully saturated rings. The molecule has 0 aliphatic carbocycles. The van der Waals surface area contributed by atoms with Crippen LogP contribution in [0.1, 0.15) is 12.6 Å². The van der Waals surface area contributed by atoms with Crippen molar-refractivity contribution in [2.45, 2.75) is 24.9 Å². The lowest BCUT2D eigenvalue weighted by Gasteiger charge is -2.16. The van der Waals surface area contributed by atoms with Crippen molar-refractivity contribution in [2.24, 2.45) is 0 Å². The van der Waals surface area contributed by atoms with Crippen molar-refractivity contribution in [3.8, 4) is 11.4 Å². The maximum Gasteiger partial charge on any atom is 0.308 e. The summed E-state index contributed by atoms with van der Waals surface area (Å²) in [4.78, 5) is 8.65. The molecule has 0 amide bonds. The van der Waals surface area contributed by atoms with Crippen molar-refractivity contribution < 1.29 is 23.4 Å². The normalized spacial score (nSPS) is 23.1. The maximum absolute atomic E-state index is 12.6. The Hall–Kier alpha value is -2.31. The number of fused-ring (bicyclic) bond motifs is 1. The van der Waals surface area contributed by atoms with Crippen LogP contribution in [0, 0.1) is 0 Å². The zero-order valence-corrected chi connectivity index (χ0v) is 16.2. The maximum atomic E-state index is 12.6. The van der Waals surface area contributed by atoms with Gasteiger partial charge in [0.15, 0.2) is 5.82 Å². The minimum absolute atomic E-state index is 0.268. The van der Waals surface area contributed by atoms with Crippen LogP contribution >= 0.6 is 0 Å². The molecule has 4 rings (SSSR count). The lowest BCUT2D eigenvalue weighted by Crippen LogP contribution is -2.28. The van der Waals surface area contributed by atoms with Gasteiger partial charge in [-0.3, -0.25) is 0 Å². The van der Waals surface area contributed by atoms with E-state index in [2.05, 4.69) is 9.97 Å². The van der Waals surface area contributed by atoms with Crippen LogP contribution in [0.15, 0.2) is 36.9 Å². The SMILES string of the molecule is CN(C)S(=O)(=O)n1ccnc1-c1ccnc2c1ccn2[C@H]1C[C@H](O)[C@@H](CO)O1. The smallest absolute Gasteiger partial charge is 0.308 e. The number of imidazole rings is 1. The zero-order valence-electron chi connectivity index (χ0n) is 15.4. The van der Waals surface area contributed by atoms with Gasteiger partial charge in [-0.25, -0.2) is 13.9 Å². The Labute approximate surface area is 161 Å². The monoisotopic (exact) mass is 407 g/mol. The molecular formula is C17H21N5O5S. The highest BCUT2D eigenvalue weighted by Gasteiger charge is 2.35. The molecule has 10 nitrogen and oxygen atoms in total. The van der Waals surface area contributed by atoms with Crippen molar-refractivity contribution in [3.05, 3.63) is 36.9 Å². The molecule has 11 heteroatoms. The Morgan fingerprint density at radius 1 is 1.25 bits per heavy atom. The summed E-state index contributed by atoms with van der Waals surface area (Å²) < 4.78 is 34.9. The quantitative estimate of drug-likeness (QED) is 0.619. The highest BCUT2D eigenvalue weighted by atomic mass is 32.2. The number of aromatic nitrogens is 4. The second-order valence-electron chi connectivity index (χ2n) is 6.77. The van der Waals surface area contributed by atoms with Gasteiger partial charge in [0.1, 0.15) is 18.0 Å². The fourth-order valence-corrected chi connectivity index (χ4v) is 4.30. The van der Waals surface area contributed by atoms with Crippen molar-refractivity contribution >= 4 is 21.2 Å². The lowest BCUT2D eigenvalue weighted by molar-refractivity contribution is -0.0430. The van der Waals surface area contributed by atoms with Crippen LogP contribution in [-0.2, 0) is 14.9 Å². The molecule has 28 heavy (non-hydrogen) atoms. The van der Waals surface area contributed by atoms with Gasteiger partial charge in [0.2, 0.25) is 0 Å². The number of ether oxygens (including phenoxy) is 1. The molecule has 0 aromatic carbocycles. The van der Waals surface area contributed by atoms with Crippen LogP contribution in [0.4, 0.5) is 0 Å². The Morgan fingerprint density at radius 2 is 2.04 bits per heavy atom. The molecule has 4 heterocycles. The number of aliphatic hydroxyl groups excluding tert-OH is 2. The van der Waals surface area contributed by atoms with Crippen LogP contribution in [0.5, 0.6) is 0 Å². The molecule has 0 saturated carbocycles. The summed E-state index contributed by atoms with van der Waals surface area (Å²) >= 11 is 0. The first-order valence-electron chi connectivity index (χ1n) is 8.71. The van der Waals surface area contributed by atoms with Gasteiger partial charge in [-0.15, -0.1) is 0 Å². The predicted molar refractivity (Wildman–Crippen MR) is 101 cm³/mol. The summed E-state index contributed by atoms with van der Waals surface area (Å²) in [5, 5.41) is 20.0. The van der Waals surface area contributed by atoms with Crippen LogP contribution < -0.4 is 0 Å². The summed E-state index contributed by atoms with van der Waals surface area (Å²) in [6.45, 7) is -0.268. The van der Waals surface area contributed by atoms with E-state index in [0.717, 1.165) is 8.28 Å². The van der Waals surface area contributed by atoms with E-state index in [9.17, 15) is 18.6 Å². The molecule has 0 radical (unpaired) electrons. The average Bonchev–Trinajstić information content (AvgIpc) is 3.38. The van der Waals surface area contributed by atoms with Crippen LogP contribution in [0.25, 0.3) is 22.4 Å². The lowest BCUT2D eigenvalue weighted by atomic mass is 10.2. The first-order chi connectivity index (χ1) is 13.3. The average molecular weight is 407 g/mol. The molecule has 3 aromatic heterocycles. The molecule has 1 saturated heterocycles. The fraction of sp³-hybridized carbons (Fsp3) is 0.412. The van der Waals surface area contributed by atoms with Crippen molar-refractivity contribution in [2.75, 3.05) is 20.7 Å². The van der Waals surface area contributed by atoms with Gasteiger partial charge in [0, 0.05) is 56.3 Å². The van der Waals surface area contributed by atoms with Crippen LogP contribution in [0.2, 0.25) is 0 Å². The van der Waals surface area contributed by atoms with E-state index < -0.39 is 28.6 Å². The first kappa shape index (κ1) is 19.0. The molecule has 3 aromatic rings. The van der Waals surface area contributed by atoms with Gasteiger partial charge < -0.3 is 19.5 Å². The Morgan fingerprint density at radius 3 is 2.71 bits per heavy atom. The minimum atomic E-state index is -3.73. The van der Waals surface area contributed by atoms with Crippen molar-refractivity contribution in [1.29, 1.82) is 0 Å². The predicted octanol–water partition coefficient (Wildman–Crippen LogP) is 0.195. The van der Waals surface area contributed by atoms with Crippen LogP contribution in [-0.4, -0.2) is 74.4 Å². The molecule has 150 valence electrons. The van der Waals surface area contributed by atoms with Gasteiger partial charge >= 0.3 is 10.2 Å². The Balaban J connectivity index is 1.81. The summed E-state index contributed by atoms with van der Waals surface area (Å²) in [7, 11) is -0.820. The van der Waals surface area contributed by atoms with E-state index in [1.807, 2.05) is 0 Å². The highest BCUT2D eigenvalue weighted by Crippen LogP contribution is 2.34. The number of hydrogen-bond acceptors (Lipinski definition) is 7. The minimum Gasteiger partial charge on any atom is -0.394 e. The third-order valence-corrected chi connectivity index (χ3v) is 6.58. The summed E-state index contributed by atoms with van der Waals surface area (Å²) in [5.41, 5.74) is 1.18. The molecule has 3 atom stereocenters. The number of nitrogens with zero attached hydrogens (tertiary/aromatic N) is 5. The zero-order chi connectivity index (χ0) is 20.1. The second kappa shape index (κ2) is 6.94. The summed E-state index contributed by atoms with van der Waals surface area (Å²) in [6.07, 6.45) is 4.62. The highest BCUT2D eigenvalue weighted by molar-refractivity contribution is 7.87. The molecular weight excluding hydrogens is 386 g/mol. The summed E-state index contributed by atoms with van der Waals surface area (Å²) in [6, 6.07) is 3.51. The molecule has 0 spiro atoms. The standard InChI is InChI=1S/C17H21N5O5S/c1-20(2)28(25,26)22-8-6-19-17(22)11-3-5-18-16-12(11)4-7-21(16)15-9-13(24)14(10-23)27-15/h3-8,13-15,23-24H,9-10H2,1-2H3/t13-,14+,15+/m0/s1. The van der Waals surface area contributed by atoms with Crippen molar-refractivity contribution in [1.82, 2.24) is 22.8 Å². The number of pyridine rings is 1. The van der Waals surface area contributed by atoms with E-state index in [1.165, 1.54) is 26.5 Å². The van der Waals surface area contributed by atoms with Crippen molar-refractivity contribution in [3.63, 3.8) is 0 Å². The number of hydrogen-bond donors (Lipinski definition) is 2. The van der Waals surface area contributed by atoms with Crippen LogP contribution in [0.3, 0.4) is 0 Å². The number of aliphatic hydroxyl groups is 2. The third-order valence-electron chi connectivity index (χ3n) is 4.87. The van der Waals surface area contributed by atoms with Gasteiger partial charge in [-0.05, 0) is 12.1 Å². The second-order valence-corrected chi connectivity index (χ2v) is 8.79. The third kappa shape index (κ3) is 2.91. The van der Waals surface area contributed by atoms with E-state index >= 15 is 0 Å². The first-order valence-corrected chi connectivity index (χ1v) is 10.1. The molecule has 0 bridgehead atoms.